The van der Waals surface area contributed by atoms with Gasteiger partial charge in [0.2, 0.25) is 10.0 Å². The second-order valence-corrected chi connectivity index (χ2v) is 7.36. The third-order valence-electron chi connectivity index (χ3n) is 3.83. The number of nitrogens with zero attached hydrogens (tertiary/aromatic N) is 1. The molecule has 0 spiro atoms. The van der Waals surface area contributed by atoms with Crippen molar-refractivity contribution in [3.8, 4) is 5.75 Å². The average molecular weight is 328 g/mol. The largest absolute Gasteiger partial charge is 0.491 e. The molecule has 1 unspecified atom stereocenters. The first kappa shape index (κ1) is 17.2. The average Bonchev–Trinajstić information content (AvgIpc) is 2.55. The van der Waals surface area contributed by atoms with E-state index in [9.17, 15) is 8.42 Å². The first-order valence-corrected chi connectivity index (χ1v) is 8.94. The van der Waals surface area contributed by atoms with E-state index in [2.05, 4.69) is 0 Å². The molecule has 0 saturated carbocycles. The van der Waals surface area contributed by atoms with Crippen LogP contribution in [0.25, 0.3) is 0 Å². The van der Waals surface area contributed by atoms with Gasteiger partial charge in [0.05, 0.1) is 11.5 Å². The van der Waals surface area contributed by atoms with E-state index in [4.69, 9.17) is 15.2 Å². The van der Waals surface area contributed by atoms with Gasteiger partial charge in [0.15, 0.2) is 0 Å². The van der Waals surface area contributed by atoms with Crippen molar-refractivity contribution in [3.63, 3.8) is 0 Å². The molecule has 0 aromatic heterocycles. The molecule has 2 rings (SSSR count). The van der Waals surface area contributed by atoms with Crippen LogP contribution < -0.4 is 10.5 Å². The standard InChI is InChI=1S/C15H24N2O4S/c1-20-9-10-21-14-4-6-15(7-5-14)22(18,19)17-8-2-3-13(11-16)12-17/h4-7,13H,2-3,8-12,16H2,1H3. The molecule has 7 heteroatoms. The molecule has 1 fully saturated rings. The minimum atomic E-state index is -3.45. The van der Waals surface area contributed by atoms with E-state index in [1.165, 1.54) is 4.31 Å². The number of nitrogens with two attached hydrogens (primary N) is 1. The van der Waals surface area contributed by atoms with E-state index in [1.807, 2.05) is 0 Å². The van der Waals surface area contributed by atoms with Gasteiger partial charge in [-0.15, -0.1) is 0 Å². The van der Waals surface area contributed by atoms with Crippen LogP contribution in [-0.2, 0) is 14.8 Å². The fraction of sp³-hybridized carbons (Fsp3) is 0.600. The highest BCUT2D eigenvalue weighted by Gasteiger charge is 2.29. The van der Waals surface area contributed by atoms with Crippen molar-refractivity contribution in [2.24, 2.45) is 11.7 Å². The quantitative estimate of drug-likeness (QED) is 0.757. The number of rotatable bonds is 7. The van der Waals surface area contributed by atoms with Gasteiger partial charge in [-0.25, -0.2) is 8.42 Å². The van der Waals surface area contributed by atoms with Gasteiger partial charge in [-0.05, 0) is 49.6 Å². The second kappa shape index (κ2) is 7.92. The van der Waals surface area contributed by atoms with Crippen LogP contribution in [0.1, 0.15) is 12.8 Å². The number of sulfonamides is 1. The third-order valence-corrected chi connectivity index (χ3v) is 5.71. The Morgan fingerprint density at radius 1 is 1.27 bits per heavy atom. The summed E-state index contributed by atoms with van der Waals surface area (Å²) >= 11 is 0. The molecule has 1 aromatic carbocycles. The van der Waals surface area contributed by atoms with Crippen LogP contribution in [0.2, 0.25) is 0 Å². The molecule has 0 bridgehead atoms. The molecule has 2 N–H and O–H groups in total. The van der Waals surface area contributed by atoms with Gasteiger partial charge in [-0.3, -0.25) is 0 Å². The summed E-state index contributed by atoms with van der Waals surface area (Å²) in [5.41, 5.74) is 5.68. The highest BCUT2D eigenvalue weighted by molar-refractivity contribution is 7.89. The molecule has 1 saturated heterocycles. The molecule has 6 nitrogen and oxygen atoms in total. The Hall–Kier alpha value is -1.15. The topological polar surface area (TPSA) is 81.9 Å². The summed E-state index contributed by atoms with van der Waals surface area (Å²) < 4.78 is 37.2. The van der Waals surface area contributed by atoms with Gasteiger partial charge >= 0.3 is 0 Å². The van der Waals surface area contributed by atoms with Crippen LogP contribution in [0.5, 0.6) is 5.75 Å². The lowest BCUT2D eigenvalue weighted by Gasteiger charge is -2.31. The predicted molar refractivity (Wildman–Crippen MR) is 84.4 cm³/mol. The molecule has 0 radical (unpaired) electrons. The Bertz CT molecular complexity index is 559. The van der Waals surface area contributed by atoms with E-state index in [1.54, 1.807) is 31.4 Å². The fourth-order valence-corrected chi connectivity index (χ4v) is 4.09. The Morgan fingerprint density at radius 3 is 2.64 bits per heavy atom. The first-order valence-electron chi connectivity index (χ1n) is 7.50. The summed E-state index contributed by atoms with van der Waals surface area (Å²) in [5.74, 6) is 0.884. The molecule has 1 aliphatic rings. The maximum atomic E-state index is 12.6. The Labute approximate surface area is 132 Å². The van der Waals surface area contributed by atoms with E-state index in [0.29, 0.717) is 43.5 Å². The minimum absolute atomic E-state index is 0.250. The van der Waals surface area contributed by atoms with Crippen LogP contribution in [0.4, 0.5) is 0 Å². The number of benzene rings is 1. The number of hydrogen-bond donors (Lipinski definition) is 1. The highest BCUT2D eigenvalue weighted by atomic mass is 32.2. The third kappa shape index (κ3) is 4.19. The van der Waals surface area contributed by atoms with Gasteiger partial charge in [0.25, 0.3) is 0 Å². The van der Waals surface area contributed by atoms with Gasteiger partial charge in [-0.2, -0.15) is 4.31 Å². The van der Waals surface area contributed by atoms with E-state index in [0.717, 1.165) is 12.8 Å². The maximum absolute atomic E-state index is 12.6. The van der Waals surface area contributed by atoms with Crippen LogP contribution in [0, 0.1) is 5.92 Å². The molecule has 1 aromatic rings. The number of ether oxygens (including phenoxy) is 2. The van der Waals surface area contributed by atoms with Crippen LogP contribution >= 0.6 is 0 Å². The van der Waals surface area contributed by atoms with Gasteiger partial charge in [0.1, 0.15) is 12.4 Å². The van der Waals surface area contributed by atoms with E-state index < -0.39 is 10.0 Å². The summed E-state index contributed by atoms with van der Waals surface area (Å²) in [7, 11) is -1.85. The Kier molecular flexibility index (Phi) is 6.19. The Balaban J connectivity index is 2.05. The molecule has 124 valence electrons. The van der Waals surface area contributed by atoms with Crippen molar-refractivity contribution < 1.29 is 17.9 Å². The molecule has 1 aliphatic heterocycles. The van der Waals surface area contributed by atoms with Crippen LogP contribution in [0.3, 0.4) is 0 Å². The zero-order chi connectivity index (χ0) is 16.0. The molecular weight excluding hydrogens is 304 g/mol. The van der Waals surface area contributed by atoms with Crippen molar-refractivity contribution in [1.82, 2.24) is 4.31 Å². The summed E-state index contributed by atoms with van der Waals surface area (Å²) in [4.78, 5) is 0.296. The van der Waals surface area contributed by atoms with Crippen molar-refractivity contribution >= 4 is 10.0 Å². The summed E-state index contributed by atoms with van der Waals surface area (Å²) in [6.45, 7) is 2.52. The number of piperidine rings is 1. The zero-order valence-corrected chi connectivity index (χ0v) is 13.7. The SMILES string of the molecule is COCCOc1ccc(S(=O)(=O)N2CCCC(CN)C2)cc1. The van der Waals surface area contributed by atoms with Crippen molar-refractivity contribution in [1.29, 1.82) is 0 Å². The zero-order valence-electron chi connectivity index (χ0n) is 12.9. The molecule has 0 aliphatic carbocycles. The van der Waals surface area contributed by atoms with Crippen molar-refractivity contribution in [2.75, 3.05) is 40.0 Å². The summed E-state index contributed by atoms with van der Waals surface area (Å²) in [6.07, 6.45) is 1.86. The van der Waals surface area contributed by atoms with Gasteiger partial charge in [-0.1, -0.05) is 0 Å². The number of methoxy groups -OCH3 is 1. The maximum Gasteiger partial charge on any atom is 0.243 e. The lowest BCUT2D eigenvalue weighted by atomic mass is 10.0. The molecule has 1 heterocycles. The molecule has 22 heavy (non-hydrogen) atoms. The van der Waals surface area contributed by atoms with Crippen molar-refractivity contribution in [3.05, 3.63) is 24.3 Å². The molecule has 0 amide bonds. The van der Waals surface area contributed by atoms with Crippen LogP contribution in [-0.4, -0.2) is 52.7 Å². The summed E-state index contributed by atoms with van der Waals surface area (Å²) in [6, 6.07) is 6.52. The fourth-order valence-electron chi connectivity index (χ4n) is 2.54. The second-order valence-electron chi connectivity index (χ2n) is 5.42. The highest BCUT2D eigenvalue weighted by Crippen LogP contribution is 2.24. The lowest BCUT2D eigenvalue weighted by Crippen LogP contribution is -2.41. The first-order chi connectivity index (χ1) is 10.6. The molecule has 1 atom stereocenters. The van der Waals surface area contributed by atoms with E-state index in [-0.39, 0.29) is 5.92 Å². The molecular formula is C15H24N2O4S. The smallest absolute Gasteiger partial charge is 0.243 e. The monoisotopic (exact) mass is 328 g/mol. The Morgan fingerprint density at radius 2 is 2.00 bits per heavy atom. The predicted octanol–water partition coefficient (Wildman–Crippen LogP) is 1.07. The normalized spacial score (nSPS) is 20.0. The van der Waals surface area contributed by atoms with Gasteiger partial charge < -0.3 is 15.2 Å². The van der Waals surface area contributed by atoms with Crippen LogP contribution in [0.15, 0.2) is 29.2 Å². The lowest BCUT2D eigenvalue weighted by molar-refractivity contribution is 0.146. The van der Waals surface area contributed by atoms with E-state index >= 15 is 0 Å². The van der Waals surface area contributed by atoms with Gasteiger partial charge in [0, 0.05) is 20.2 Å². The van der Waals surface area contributed by atoms with Crippen molar-refractivity contribution in [2.45, 2.75) is 17.7 Å². The minimum Gasteiger partial charge on any atom is -0.491 e. The summed E-state index contributed by atoms with van der Waals surface area (Å²) in [5, 5.41) is 0. The number of hydrogen-bond acceptors (Lipinski definition) is 5.